The first-order valence-electron chi connectivity index (χ1n) is 6.47. The molecule has 0 radical (unpaired) electrons. The molecule has 5 nitrogen and oxygen atoms in total. The molecule has 5 heteroatoms. The highest BCUT2D eigenvalue weighted by molar-refractivity contribution is 5.93. The summed E-state index contributed by atoms with van der Waals surface area (Å²) in [7, 11) is 0. The van der Waals surface area contributed by atoms with Gasteiger partial charge in [0, 0.05) is 25.2 Å². The minimum absolute atomic E-state index is 0.109. The van der Waals surface area contributed by atoms with Gasteiger partial charge in [-0.2, -0.15) is 0 Å². The fourth-order valence-corrected chi connectivity index (χ4v) is 2.57. The average Bonchev–Trinajstić information content (AvgIpc) is 2.70. The maximum absolute atomic E-state index is 11.9. The predicted molar refractivity (Wildman–Crippen MR) is 71.1 cm³/mol. The van der Waals surface area contributed by atoms with Crippen LogP contribution in [0.1, 0.15) is 30.8 Å². The van der Waals surface area contributed by atoms with Crippen molar-refractivity contribution in [2.24, 2.45) is 0 Å². The third kappa shape index (κ3) is 1.89. The largest absolute Gasteiger partial charge is 0.366 e. The van der Waals surface area contributed by atoms with Crippen molar-refractivity contribution in [2.45, 2.75) is 32.4 Å². The molecule has 3 heterocycles. The number of rotatable bonds is 2. The van der Waals surface area contributed by atoms with Crippen LogP contribution < -0.4 is 15.5 Å². The summed E-state index contributed by atoms with van der Waals surface area (Å²) >= 11 is 0. The van der Waals surface area contributed by atoms with Gasteiger partial charge in [0.2, 0.25) is 0 Å². The van der Waals surface area contributed by atoms with Gasteiger partial charge in [-0.1, -0.05) is 0 Å². The number of nitrogens with one attached hydrogen (secondary N) is 2. The lowest BCUT2D eigenvalue weighted by Gasteiger charge is -2.27. The van der Waals surface area contributed by atoms with Crippen LogP contribution in [0.2, 0.25) is 0 Å². The zero-order chi connectivity index (χ0) is 12.7. The van der Waals surface area contributed by atoms with Crippen molar-refractivity contribution < 1.29 is 4.79 Å². The molecule has 1 aromatic heterocycles. The summed E-state index contributed by atoms with van der Waals surface area (Å²) in [6.07, 6.45) is 1.14. The first-order valence-corrected chi connectivity index (χ1v) is 6.47. The van der Waals surface area contributed by atoms with E-state index in [9.17, 15) is 4.79 Å². The SMILES string of the molecule is CC(C)NC(=O)c1ccc2c(n1)N[C@H]1CCN2C1. The van der Waals surface area contributed by atoms with E-state index in [1.54, 1.807) is 6.07 Å². The highest BCUT2D eigenvalue weighted by Gasteiger charge is 2.30. The molecule has 18 heavy (non-hydrogen) atoms. The van der Waals surface area contributed by atoms with Crippen LogP contribution in [0.25, 0.3) is 0 Å². The zero-order valence-corrected chi connectivity index (χ0v) is 10.7. The third-order valence-corrected chi connectivity index (χ3v) is 3.40. The van der Waals surface area contributed by atoms with Crippen LogP contribution in [-0.4, -0.2) is 36.1 Å². The molecule has 3 rings (SSSR count). The number of fused-ring (bicyclic) bond motifs is 4. The topological polar surface area (TPSA) is 57.3 Å². The van der Waals surface area contributed by atoms with Crippen LogP contribution in [-0.2, 0) is 0 Å². The Balaban J connectivity index is 1.88. The van der Waals surface area contributed by atoms with E-state index in [0.717, 1.165) is 31.0 Å². The minimum Gasteiger partial charge on any atom is -0.366 e. The van der Waals surface area contributed by atoms with Gasteiger partial charge in [-0.05, 0) is 32.4 Å². The number of anilines is 2. The van der Waals surface area contributed by atoms with Crippen molar-refractivity contribution >= 4 is 17.4 Å². The lowest BCUT2D eigenvalue weighted by atomic mass is 10.2. The van der Waals surface area contributed by atoms with Crippen molar-refractivity contribution in [2.75, 3.05) is 23.3 Å². The fraction of sp³-hybridized carbons (Fsp3) is 0.538. The molecule has 2 aliphatic heterocycles. The van der Waals surface area contributed by atoms with E-state index >= 15 is 0 Å². The molecule has 1 aromatic rings. The second-order valence-corrected chi connectivity index (χ2v) is 5.27. The maximum atomic E-state index is 11.9. The molecule has 1 saturated heterocycles. The second-order valence-electron chi connectivity index (χ2n) is 5.27. The minimum atomic E-state index is -0.109. The molecule has 2 bridgehead atoms. The summed E-state index contributed by atoms with van der Waals surface area (Å²) in [5.74, 6) is 0.739. The second kappa shape index (κ2) is 4.15. The Morgan fingerprint density at radius 3 is 3.17 bits per heavy atom. The number of carbonyl (C=O) groups excluding carboxylic acids is 1. The zero-order valence-electron chi connectivity index (χ0n) is 10.7. The summed E-state index contributed by atoms with van der Waals surface area (Å²) in [5, 5.41) is 6.27. The van der Waals surface area contributed by atoms with Crippen molar-refractivity contribution in [3.05, 3.63) is 17.8 Å². The van der Waals surface area contributed by atoms with Crippen LogP contribution in [0, 0.1) is 0 Å². The van der Waals surface area contributed by atoms with Gasteiger partial charge in [-0.3, -0.25) is 4.79 Å². The van der Waals surface area contributed by atoms with Gasteiger partial charge in [-0.25, -0.2) is 4.98 Å². The Morgan fingerprint density at radius 1 is 1.56 bits per heavy atom. The highest BCUT2D eigenvalue weighted by Crippen LogP contribution is 2.33. The van der Waals surface area contributed by atoms with E-state index in [1.807, 2.05) is 19.9 Å². The van der Waals surface area contributed by atoms with Crippen LogP contribution in [0.4, 0.5) is 11.5 Å². The van der Waals surface area contributed by atoms with Gasteiger partial charge in [0.1, 0.15) is 5.69 Å². The lowest BCUT2D eigenvalue weighted by Crippen LogP contribution is -2.34. The van der Waals surface area contributed by atoms with Gasteiger partial charge in [0.25, 0.3) is 5.91 Å². The van der Waals surface area contributed by atoms with E-state index < -0.39 is 0 Å². The third-order valence-electron chi connectivity index (χ3n) is 3.40. The van der Waals surface area contributed by atoms with Crippen LogP contribution in [0.15, 0.2) is 12.1 Å². The summed E-state index contributed by atoms with van der Waals surface area (Å²) in [4.78, 5) is 18.7. The van der Waals surface area contributed by atoms with Gasteiger partial charge in [-0.15, -0.1) is 0 Å². The monoisotopic (exact) mass is 246 g/mol. The predicted octanol–water partition coefficient (Wildman–Crippen LogP) is 1.22. The van der Waals surface area contributed by atoms with E-state index in [-0.39, 0.29) is 11.9 Å². The standard InChI is InChI=1S/C13H18N4O/c1-8(2)14-13(18)10-3-4-11-12(16-10)15-9-5-6-17(11)7-9/h3-4,8-9H,5-7H2,1-2H3,(H,14,18)(H,15,16)/t9-/m0/s1. The van der Waals surface area contributed by atoms with Crippen molar-refractivity contribution in [3.8, 4) is 0 Å². The van der Waals surface area contributed by atoms with E-state index in [1.165, 1.54) is 0 Å². The molecule has 0 unspecified atom stereocenters. The molecule has 0 spiro atoms. The Kier molecular flexibility index (Phi) is 2.61. The summed E-state index contributed by atoms with van der Waals surface area (Å²) in [5.41, 5.74) is 1.60. The molecule has 0 aromatic carbocycles. The Labute approximate surface area is 107 Å². The number of nitrogens with zero attached hydrogens (tertiary/aromatic N) is 2. The van der Waals surface area contributed by atoms with E-state index in [2.05, 4.69) is 20.5 Å². The summed E-state index contributed by atoms with van der Waals surface area (Å²) in [6, 6.07) is 4.40. The molecule has 96 valence electrons. The molecule has 2 N–H and O–H groups in total. The smallest absolute Gasteiger partial charge is 0.270 e. The van der Waals surface area contributed by atoms with E-state index in [0.29, 0.717) is 11.7 Å². The quantitative estimate of drug-likeness (QED) is 0.824. The van der Waals surface area contributed by atoms with Crippen molar-refractivity contribution in [3.63, 3.8) is 0 Å². The maximum Gasteiger partial charge on any atom is 0.270 e. The van der Waals surface area contributed by atoms with Gasteiger partial charge in [0.15, 0.2) is 5.82 Å². The summed E-state index contributed by atoms with van der Waals surface area (Å²) < 4.78 is 0. The van der Waals surface area contributed by atoms with Gasteiger partial charge in [0.05, 0.1) is 5.69 Å². The van der Waals surface area contributed by atoms with Crippen LogP contribution in [0.3, 0.4) is 0 Å². The van der Waals surface area contributed by atoms with Crippen molar-refractivity contribution in [1.82, 2.24) is 10.3 Å². The molecular weight excluding hydrogens is 228 g/mol. The highest BCUT2D eigenvalue weighted by atomic mass is 16.1. The number of amides is 1. The van der Waals surface area contributed by atoms with E-state index in [4.69, 9.17) is 0 Å². The number of hydrogen-bond donors (Lipinski definition) is 2. The summed E-state index contributed by atoms with van der Waals surface area (Å²) in [6.45, 7) is 6.01. The average molecular weight is 246 g/mol. The van der Waals surface area contributed by atoms with Gasteiger partial charge >= 0.3 is 0 Å². The number of pyridine rings is 1. The Hall–Kier alpha value is -1.78. The van der Waals surface area contributed by atoms with Crippen LogP contribution in [0.5, 0.6) is 0 Å². The normalized spacial score (nSPS) is 20.6. The first kappa shape index (κ1) is 11.3. The Morgan fingerprint density at radius 2 is 2.39 bits per heavy atom. The fourth-order valence-electron chi connectivity index (χ4n) is 2.57. The molecular formula is C13H18N4O. The van der Waals surface area contributed by atoms with Crippen molar-refractivity contribution in [1.29, 1.82) is 0 Å². The molecule has 0 aliphatic carbocycles. The number of hydrogen-bond acceptors (Lipinski definition) is 4. The lowest BCUT2D eigenvalue weighted by molar-refractivity contribution is 0.0938. The Bertz CT molecular complexity index is 486. The molecule has 1 amide bonds. The van der Waals surface area contributed by atoms with Gasteiger partial charge < -0.3 is 15.5 Å². The van der Waals surface area contributed by atoms with Crippen LogP contribution >= 0.6 is 0 Å². The molecule has 2 aliphatic rings. The molecule has 0 saturated carbocycles. The number of carbonyl (C=O) groups is 1. The molecule has 1 atom stereocenters. The first-order chi connectivity index (χ1) is 8.63. The molecule has 1 fully saturated rings. The number of aromatic nitrogens is 1.